The first-order valence-electron chi connectivity index (χ1n) is 10.8. The summed E-state index contributed by atoms with van der Waals surface area (Å²) in [5, 5.41) is 3.36. The summed E-state index contributed by atoms with van der Waals surface area (Å²) in [6.07, 6.45) is 4.85. The van der Waals surface area contributed by atoms with E-state index in [1.807, 2.05) is 32.0 Å². The number of carbonyl (C=O) groups is 1. The van der Waals surface area contributed by atoms with Crippen LogP contribution < -0.4 is 5.32 Å². The van der Waals surface area contributed by atoms with E-state index in [0.29, 0.717) is 32.8 Å². The molecule has 0 bridgehead atoms. The number of carbonyl (C=O) groups excluding carboxylic acids is 1. The van der Waals surface area contributed by atoms with E-state index in [2.05, 4.69) is 68.3 Å². The third kappa shape index (κ3) is 5.37. The van der Waals surface area contributed by atoms with Gasteiger partial charge in [-0.15, -0.1) is 5.54 Å². The number of hydrogen-bond acceptors (Lipinski definition) is 3. The molecule has 6 heteroatoms. The zero-order chi connectivity index (χ0) is 23.4. The highest BCUT2D eigenvalue weighted by Crippen LogP contribution is 2.40. The molecule has 2 heterocycles. The van der Waals surface area contributed by atoms with Crippen LogP contribution in [0.1, 0.15) is 77.0 Å². The molecule has 0 saturated carbocycles. The number of nitrogens with zero attached hydrogens (tertiary/aromatic N) is 2. The van der Waals surface area contributed by atoms with Crippen molar-refractivity contribution in [1.82, 2.24) is 15.3 Å². The van der Waals surface area contributed by atoms with Crippen LogP contribution in [0.3, 0.4) is 0 Å². The average Bonchev–Trinajstić information content (AvgIpc) is 2.68. The molecule has 2 rings (SSSR count). The summed E-state index contributed by atoms with van der Waals surface area (Å²) in [5.41, 5.74) is 6.19. The molecule has 166 valence electrons. The van der Waals surface area contributed by atoms with Crippen molar-refractivity contribution in [2.75, 3.05) is 0 Å². The lowest BCUT2D eigenvalue weighted by Crippen LogP contribution is -2.43. The normalized spacial score (nSPS) is 12.1. The second kappa shape index (κ2) is 9.97. The standard InChI is InChI=1S/C25H34ClN3OSi/c1-17(2)31(18(3)4,19(5)6)14-12-20-15-27-16-21(26)23(20)24(30)29-25(7,8)22-11-9-10-13-28-22/h9-11,13,15-19H,1-8H3,(H,29,30). The molecule has 0 fully saturated rings. The molecule has 0 aliphatic carbocycles. The largest absolute Gasteiger partial charge is 0.341 e. The van der Waals surface area contributed by atoms with E-state index in [9.17, 15) is 4.79 Å². The third-order valence-corrected chi connectivity index (χ3v) is 12.7. The molecule has 0 aliphatic heterocycles. The van der Waals surface area contributed by atoms with Gasteiger partial charge >= 0.3 is 0 Å². The van der Waals surface area contributed by atoms with E-state index < -0.39 is 13.6 Å². The molecule has 2 aromatic heterocycles. The minimum Gasteiger partial charge on any atom is -0.341 e. The Labute approximate surface area is 193 Å². The topological polar surface area (TPSA) is 54.9 Å². The minimum absolute atomic E-state index is 0.279. The van der Waals surface area contributed by atoms with Crippen LogP contribution in [-0.4, -0.2) is 23.9 Å². The summed E-state index contributed by atoms with van der Waals surface area (Å²) < 4.78 is 0. The lowest BCUT2D eigenvalue weighted by atomic mass is 9.98. The van der Waals surface area contributed by atoms with Crippen LogP contribution in [0.4, 0.5) is 0 Å². The first kappa shape index (κ1) is 25.1. The predicted octanol–water partition coefficient (Wildman–Crippen LogP) is 6.36. The second-order valence-corrected chi connectivity index (χ2v) is 15.5. The molecule has 0 aliphatic rings. The van der Waals surface area contributed by atoms with Crippen LogP contribution in [0.5, 0.6) is 0 Å². The molecule has 0 spiro atoms. The summed E-state index contributed by atoms with van der Waals surface area (Å²) in [7, 11) is -1.96. The zero-order valence-electron chi connectivity index (χ0n) is 19.9. The molecule has 2 aromatic rings. The number of hydrogen-bond donors (Lipinski definition) is 1. The number of nitrogens with one attached hydrogen (secondary N) is 1. The Morgan fingerprint density at radius 1 is 1.06 bits per heavy atom. The van der Waals surface area contributed by atoms with Gasteiger partial charge in [0.05, 0.1) is 27.4 Å². The van der Waals surface area contributed by atoms with Gasteiger partial charge in [-0.2, -0.15) is 0 Å². The van der Waals surface area contributed by atoms with Gasteiger partial charge in [0, 0.05) is 18.6 Å². The average molecular weight is 456 g/mol. The lowest BCUT2D eigenvalue weighted by Gasteiger charge is -2.38. The molecule has 31 heavy (non-hydrogen) atoms. The van der Waals surface area contributed by atoms with Gasteiger partial charge in [-0.25, -0.2) is 0 Å². The van der Waals surface area contributed by atoms with E-state index >= 15 is 0 Å². The highest BCUT2D eigenvalue weighted by molar-refractivity contribution is 6.90. The molecular formula is C25H34ClN3OSi. The Morgan fingerprint density at radius 3 is 2.19 bits per heavy atom. The van der Waals surface area contributed by atoms with E-state index in [4.69, 9.17) is 11.6 Å². The molecule has 0 unspecified atom stereocenters. The maximum atomic E-state index is 13.3. The van der Waals surface area contributed by atoms with Crippen molar-refractivity contribution < 1.29 is 4.79 Å². The Hall–Kier alpha value is -2.16. The van der Waals surface area contributed by atoms with E-state index in [0.717, 1.165) is 5.69 Å². The molecule has 0 radical (unpaired) electrons. The fourth-order valence-corrected chi connectivity index (χ4v) is 9.97. The SMILES string of the molecule is CC(C)[Si](C#Cc1cncc(Cl)c1C(=O)NC(C)(C)c1ccccn1)(C(C)C)C(C)C. The van der Waals surface area contributed by atoms with Crippen LogP contribution in [-0.2, 0) is 5.54 Å². The van der Waals surface area contributed by atoms with Crippen LogP contribution in [0.25, 0.3) is 0 Å². The Morgan fingerprint density at radius 2 is 1.68 bits per heavy atom. The quantitative estimate of drug-likeness (QED) is 0.407. The molecule has 4 nitrogen and oxygen atoms in total. The smallest absolute Gasteiger partial charge is 0.254 e. The highest BCUT2D eigenvalue weighted by atomic mass is 35.5. The van der Waals surface area contributed by atoms with Crippen molar-refractivity contribution in [1.29, 1.82) is 0 Å². The number of amides is 1. The van der Waals surface area contributed by atoms with Crippen molar-refractivity contribution >= 4 is 25.6 Å². The summed E-state index contributed by atoms with van der Waals surface area (Å²) >= 11 is 6.44. The van der Waals surface area contributed by atoms with Crippen LogP contribution >= 0.6 is 11.6 Å². The molecule has 1 amide bonds. The minimum atomic E-state index is -1.96. The predicted molar refractivity (Wildman–Crippen MR) is 132 cm³/mol. The number of halogens is 1. The van der Waals surface area contributed by atoms with Crippen LogP contribution in [0, 0.1) is 11.5 Å². The fourth-order valence-electron chi connectivity index (χ4n) is 4.51. The van der Waals surface area contributed by atoms with Gasteiger partial charge < -0.3 is 5.32 Å². The molecule has 0 atom stereocenters. The van der Waals surface area contributed by atoms with E-state index in [1.165, 1.54) is 6.20 Å². The third-order valence-electron chi connectivity index (χ3n) is 6.14. The Kier molecular flexibility index (Phi) is 8.07. The summed E-state index contributed by atoms with van der Waals surface area (Å²) in [5.74, 6) is 3.05. The van der Waals surface area contributed by atoms with Gasteiger partial charge in [0.15, 0.2) is 0 Å². The van der Waals surface area contributed by atoms with Crippen molar-refractivity contribution in [3.8, 4) is 11.5 Å². The second-order valence-electron chi connectivity index (χ2n) is 9.49. The lowest BCUT2D eigenvalue weighted by molar-refractivity contribution is 0.0910. The maximum Gasteiger partial charge on any atom is 0.254 e. The monoisotopic (exact) mass is 455 g/mol. The molecule has 1 N–H and O–H groups in total. The van der Waals surface area contributed by atoms with Gasteiger partial charge in [-0.3, -0.25) is 14.8 Å². The zero-order valence-corrected chi connectivity index (χ0v) is 21.6. The van der Waals surface area contributed by atoms with Gasteiger partial charge in [0.1, 0.15) is 8.07 Å². The van der Waals surface area contributed by atoms with Gasteiger partial charge in [-0.1, -0.05) is 65.1 Å². The van der Waals surface area contributed by atoms with Crippen molar-refractivity contribution in [2.24, 2.45) is 0 Å². The molecule has 0 saturated heterocycles. The Bertz CT molecular complexity index is 953. The van der Waals surface area contributed by atoms with Crippen LogP contribution in [0.2, 0.25) is 21.6 Å². The number of rotatable bonds is 6. The summed E-state index contributed by atoms with van der Waals surface area (Å²) in [6.45, 7) is 17.4. The van der Waals surface area contributed by atoms with Gasteiger partial charge in [-0.05, 0) is 42.6 Å². The first-order valence-corrected chi connectivity index (χ1v) is 13.4. The van der Waals surface area contributed by atoms with E-state index in [-0.39, 0.29) is 5.91 Å². The van der Waals surface area contributed by atoms with Crippen LogP contribution in [0.15, 0.2) is 36.8 Å². The molecular weight excluding hydrogens is 422 g/mol. The van der Waals surface area contributed by atoms with Crippen molar-refractivity contribution in [3.63, 3.8) is 0 Å². The van der Waals surface area contributed by atoms with Crippen molar-refractivity contribution in [3.05, 3.63) is 58.6 Å². The van der Waals surface area contributed by atoms with Gasteiger partial charge in [0.2, 0.25) is 0 Å². The van der Waals surface area contributed by atoms with Crippen molar-refractivity contribution in [2.45, 2.75) is 77.6 Å². The Balaban J connectivity index is 2.50. The summed E-state index contributed by atoms with van der Waals surface area (Å²) in [6, 6.07) is 5.65. The molecule has 0 aromatic carbocycles. The highest BCUT2D eigenvalue weighted by Gasteiger charge is 2.41. The van der Waals surface area contributed by atoms with Gasteiger partial charge in [0.25, 0.3) is 5.91 Å². The summed E-state index contributed by atoms with van der Waals surface area (Å²) in [4.78, 5) is 21.9. The number of pyridine rings is 2. The van der Waals surface area contributed by atoms with E-state index in [1.54, 1.807) is 12.4 Å². The first-order chi connectivity index (χ1) is 14.4. The fraction of sp³-hybridized carbons (Fsp3) is 0.480. The maximum absolute atomic E-state index is 13.3. The number of aromatic nitrogens is 2.